The van der Waals surface area contributed by atoms with E-state index in [-0.39, 0.29) is 12.1 Å². The highest BCUT2D eigenvalue weighted by Gasteiger charge is 2.37. The van der Waals surface area contributed by atoms with E-state index in [4.69, 9.17) is 5.73 Å². The summed E-state index contributed by atoms with van der Waals surface area (Å²) in [5.41, 5.74) is 6.07. The Morgan fingerprint density at radius 1 is 1.07 bits per heavy atom. The summed E-state index contributed by atoms with van der Waals surface area (Å²) in [6.45, 7) is 0.681. The van der Waals surface area contributed by atoms with Gasteiger partial charge in [0.15, 0.2) is 0 Å². The smallest absolute Gasteiger partial charge is 0.214 e. The first-order valence-electron chi connectivity index (χ1n) is 5.86. The fraction of sp³-hybridized carbons (Fsp3) is 1.00. The van der Waals surface area contributed by atoms with Crippen LogP contribution in [0, 0.1) is 0 Å². The molecule has 1 aliphatic heterocycles. The van der Waals surface area contributed by atoms with Crippen molar-refractivity contribution in [3.05, 3.63) is 0 Å². The van der Waals surface area contributed by atoms with E-state index in [1.54, 1.807) is 4.31 Å². The second kappa shape index (κ2) is 4.39. The van der Waals surface area contributed by atoms with Gasteiger partial charge < -0.3 is 5.73 Å². The van der Waals surface area contributed by atoms with Crippen molar-refractivity contribution in [3.63, 3.8) is 0 Å². The Kier molecular flexibility index (Phi) is 3.33. The van der Waals surface area contributed by atoms with Gasteiger partial charge >= 0.3 is 0 Å². The fourth-order valence-electron chi connectivity index (χ4n) is 2.71. The average Bonchev–Trinajstić information content (AvgIpc) is 2.39. The van der Waals surface area contributed by atoms with Crippen LogP contribution in [-0.2, 0) is 10.0 Å². The Morgan fingerprint density at radius 3 is 2.47 bits per heavy atom. The van der Waals surface area contributed by atoms with Gasteiger partial charge in [0.1, 0.15) is 0 Å². The van der Waals surface area contributed by atoms with Crippen LogP contribution >= 0.6 is 0 Å². The zero-order chi connectivity index (χ0) is 10.9. The highest BCUT2D eigenvalue weighted by atomic mass is 32.2. The quantitative estimate of drug-likeness (QED) is 0.676. The van der Waals surface area contributed by atoms with Gasteiger partial charge in [0.25, 0.3) is 0 Å². The van der Waals surface area contributed by atoms with Gasteiger partial charge in [-0.15, -0.1) is 0 Å². The second-order valence-corrected chi connectivity index (χ2v) is 6.69. The number of hydrogen-bond acceptors (Lipinski definition) is 3. The molecule has 2 rings (SSSR count). The molecule has 2 fully saturated rings. The van der Waals surface area contributed by atoms with Gasteiger partial charge in [-0.3, -0.25) is 0 Å². The molecule has 1 saturated heterocycles. The highest BCUT2D eigenvalue weighted by molar-refractivity contribution is 7.89. The van der Waals surface area contributed by atoms with E-state index in [9.17, 15) is 8.42 Å². The minimum atomic E-state index is -2.98. The molecule has 5 heteroatoms. The third kappa shape index (κ3) is 2.34. The van der Waals surface area contributed by atoms with E-state index in [0.29, 0.717) is 12.3 Å². The number of nitrogens with two attached hydrogens (primary N) is 1. The van der Waals surface area contributed by atoms with Crippen LogP contribution in [0.15, 0.2) is 0 Å². The van der Waals surface area contributed by atoms with Crippen LogP contribution in [0.2, 0.25) is 0 Å². The van der Waals surface area contributed by atoms with E-state index < -0.39 is 10.0 Å². The maximum atomic E-state index is 11.8. The largest absolute Gasteiger partial charge is 0.326 e. The molecule has 2 aliphatic rings. The SMILES string of the molecule is NC1CCCCCC1N1CCCS1(=O)=O. The Bertz CT molecular complexity index is 315. The first-order chi connectivity index (χ1) is 7.11. The van der Waals surface area contributed by atoms with Crippen molar-refractivity contribution < 1.29 is 8.42 Å². The molecule has 0 amide bonds. The normalized spacial score (nSPS) is 37.7. The van der Waals surface area contributed by atoms with Crippen LogP contribution in [0.4, 0.5) is 0 Å². The molecule has 1 heterocycles. The van der Waals surface area contributed by atoms with Crippen LogP contribution in [0.5, 0.6) is 0 Å². The zero-order valence-electron chi connectivity index (χ0n) is 9.06. The molecular weight excluding hydrogens is 212 g/mol. The predicted octanol–water partition coefficient (Wildman–Crippen LogP) is 0.682. The summed E-state index contributed by atoms with van der Waals surface area (Å²) in [7, 11) is -2.98. The minimum Gasteiger partial charge on any atom is -0.326 e. The molecule has 0 aromatic heterocycles. The van der Waals surface area contributed by atoms with Crippen molar-refractivity contribution in [1.82, 2.24) is 4.31 Å². The van der Waals surface area contributed by atoms with Crippen molar-refractivity contribution in [2.24, 2.45) is 5.73 Å². The Labute approximate surface area is 91.9 Å². The summed E-state index contributed by atoms with van der Waals surface area (Å²) in [4.78, 5) is 0. The van der Waals surface area contributed by atoms with Crippen molar-refractivity contribution in [3.8, 4) is 0 Å². The van der Waals surface area contributed by atoms with Gasteiger partial charge in [-0.05, 0) is 19.3 Å². The molecule has 2 N–H and O–H groups in total. The van der Waals surface area contributed by atoms with Crippen LogP contribution in [0.25, 0.3) is 0 Å². The first-order valence-corrected chi connectivity index (χ1v) is 7.47. The van der Waals surface area contributed by atoms with Crippen LogP contribution in [0.1, 0.15) is 38.5 Å². The molecular formula is C10H20N2O2S. The third-order valence-electron chi connectivity index (χ3n) is 3.54. The summed E-state index contributed by atoms with van der Waals surface area (Å²) in [5, 5.41) is 0. The fourth-order valence-corrected chi connectivity index (χ4v) is 4.52. The summed E-state index contributed by atoms with van der Waals surface area (Å²) in [6.07, 6.45) is 6.14. The topological polar surface area (TPSA) is 63.4 Å². The van der Waals surface area contributed by atoms with Crippen molar-refractivity contribution in [2.75, 3.05) is 12.3 Å². The van der Waals surface area contributed by atoms with Crippen molar-refractivity contribution in [1.29, 1.82) is 0 Å². The molecule has 0 aromatic rings. The van der Waals surface area contributed by atoms with Crippen molar-refractivity contribution in [2.45, 2.75) is 50.6 Å². The molecule has 1 saturated carbocycles. The van der Waals surface area contributed by atoms with E-state index in [1.807, 2.05) is 0 Å². The summed E-state index contributed by atoms with van der Waals surface area (Å²) < 4.78 is 25.2. The molecule has 0 bridgehead atoms. The molecule has 15 heavy (non-hydrogen) atoms. The zero-order valence-corrected chi connectivity index (χ0v) is 9.88. The number of nitrogens with zero attached hydrogens (tertiary/aromatic N) is 1. The van der Waals surface area contributed by atoms with Gasteiger partial charge in [0.05, 0.1) is 5.75 Å². The van der Waals surface area contributed by atoms with Gasteiger partial charge in [-0.25, -0.2) is 8.42 Å². The van der Waals surface area contributed by atoms with E-state index in [1.165, 1.54) is 6.42 Å². The highest BCUT2D eigenvalue weighted by Crippen LogP contribution is 2.26. The van der Waals surface area contributed by atoms with E-state index in [0.717, 1.165) is 32.1 Å². The lowest BCUT2D eigenvalue weighted by atomic mass is 10.0. The number of hydrogen-bond donors (Lipinski definition) is 1. The second-order valence-electron chi connectivity index (χ2n) is 4.65. The summed E-state index contributed by atoms with van der Waals surface area (Å²) >= 11 is 0. The van der Waals surface area contributed by atoms with Gasteiger partial charge in [0, 0.05) is 18.6 Å². The number of sulfonamides is 1. The maximum Gasteiger partial charge on any atom is 0.214 e. The molecule has 0 aromatic carbocycles. The maximum absolute atomic E-state index is 11.8. The Morgan fingerprint density at radius 2 is 1.80 bits per heavy atom. The first kappa shape index (κ1) is 11.4. The third-order valence-corrected chi connectivity index (χ3v) is 5.51. The van der Waals surface area contributed by atoms with Gasteiger partial charge in [-0.1, -0.05) is 19.3 Å². The van der Waals surface area contributed by atoms with E-state index >= 15 is 0 Å². The molecule has 0 radical (unpaired) electrons. The summed E-state index contributed by atoms with van der Waals surface area (Å²) in [6, 6.07) is 0.111. The molecule has 2 unspecified atom stereocenters. The lowest BCUT2D eigenvalue weighted by Crippen LogP contribution is -2.47. The van der Waals surface area contributed by atoms with Crippen LogP contribution < -0.4 is 5.73 Å². The molecule has 1 aliphatic carbocycles. The van der Waals surface area contributed by atoms with Crippen molar-refractivity contribution >= 4 is 10.0 Å². The Hall–Kier alpha value is -0.130. The van der Waals surface area contributed by atoms with Crippen LogP contribution in [-0.4, -0.2) is 37.1 Å². The van der Waals surface area contributed by atoms with E-state index in [2.05, 4.69) is 0 Å². The minimum absolute atomic E-state index is 0.0420. The Balaban J connectivity index is 2.14. The molecule has 0 spiro atoms. The molecule has 88 valence electrons. The van der Waals surface area contributed by atoms with Crippen LogP contribution in [0.3, 0.4) is 0 Å². The lowest BCUT2D eigenvalue weighted by molar-refractivity contribution is 0.283. The van der Waals surface area contributed by atoms with Gasteiger partial charge in [0.2, 0.25) is 10.0 Å². The molecule has 4 nitrogen and oxygen atoms in total. The lowest BCUT2D eigenvalue weighted by Gasteiger charge is -2.29. The predicted molar refractivity (Wildman–Crippen MR) is 60.0 cm³/mol. The standard InChI is InChI=1S/C10H20N2O2S/c11-9-5-2-1-3-6-10(9)12-7-4-8-15(12,13)14/h9-10H,1-8,11H2. The molecule has 2 atom stereocenters. The average molecular weight is 232 g/mol. The number of rotatable bonds is 1. The van der Waals surface area contributed by atoms with Gasteiger partial charge in [-0.2, -0.15) is 4.31 Å². The monoisotopic (exact) mass is 232 g/mol. The summed E-state index contributed by atoms with van der Waals surface area (Å²) in [5.74, 6) is 0.316.